The van der Waals surface area contributed by atoms with Crippen molar-refractivity contribution in [3.63, 3.8) is 0 Å². The fourth-order valence-electron chi connectivity index (χ4n) is 2.80. The highest BCUT2D eigenvalue weighted by Crippen LogP contribution is 2.22. The molecule has 0 N–H and O–H groups in total. The predicted molar refractivity (Wildman–Crippen MR) is 81.4 cm³/mol. The van der Waals surface area contributed by atoms with Crippen LogP contribution >= 0.6 is 15.9 Å². The van der Waals surface area contributed by atoms with Crippen LogP contribution in [0.25, 0.3) is 0 Å². The Hall–Kier alpha value is -0.770. The van der Waals surface area contributed by atoms with Gasteiger partial charge in [0.2, 0.25) is 0 Å². The summed E-state index contributed by atoms with van der Waals surface area (Å²) in [7, 11) is 0. The Morgan fingerprint density at radius 2 is 2.21 bits per heavy atom. The van der Waals surface area contributed by atoms with Crippen LogP contribution in [-0.2, 0) is 6.54 Å². The molecule has 1 unspecified atom stereocenters. The van der Waals surface area contributed by atoms with Gasteiger partial charge in [-0.2, -0.15) is 0 Å². The van der Waals surface area contributed by atoms with Crippen LogP contribution in [0.5, 0.6) is 0 Å². The van der Waals surface area contributed by atoms with Crippen molar-refractivity contribution in [1.82, 2.24) is 9.47 Å². The molecular weight excluding hydrogens is 304 g/mol. The summed E-state index contributed by atoms with van der Waals surface area (Å²) < 4.78 is 3.07. The van der Waals surface area contributed by atoms with E-state index in [1.807, 2.05) is 12.3 Å². The molecule has 2 heterocycles. The number of rotatable bonds is 3. The van der Waals surface area contributed by atoms with E-state index in [-0.39, 0.29) is 5.91 Å². The lowest BCUT2D eigenvalue weighted by Gasteiger charge is -2.27. The molecule has 0 bridgehead atoms. The highest BCUT2D eigenvalue weighted by atomic mass is 79.9. The number of halogens is 1. The van der Waals surface area contributed by atoms with Gasteiger partial charge < -0.3 is 9.47 Å². The molecule has 3 nitrogen and oxygen atoms in total. The lowest BCUT2D eigenvalue weighted by Crippen LogP contribution is -2.39. The number of carbonyl (C=O) groups is 1. The van der Waals surface area contributed by atoms with E-state index < -0.39 is 0 Å². The third-order valence-corrected chi connectivity index (χ3v) is 4.29. The Balaban J connectivity index is 2.22. The maximum absolute atomic E-state index is 12.8. The summed E-state index contributed by atoms with van der Waals surface area (Å²) in [5, 5.41) is 0. The number of nitrogens with zero attached hydrogens (tertiary/aromatic N) is 2. The van der Waals surface area contributed by atoms with E-state index in [2.05, 4.69) is 39.2 Å². The predicted octanol–water partition coefficient (Wildman–Crippen LogP) is 4.07. The van der Waals surface area contributed by atoms with Gasteiger partial charge in [-0.1, -0.05) is 19.8 Å². The minimum absolute atomic E-state index is 0.188. The number of likely N-dealkylation sites (tertiary alicyclic amines) is 1. The zero-order valence-electron chi connectivity index (χ0n) is 11.9. The second-order valence-electron chi connectivity index (χ2n) is 5.43. The van der Waals surface area contributed by atoms with Gasteiger partial charge in [0.1, 0.15) is 5.69 Å². The van der Waals surface area contributed by atoms with Crippen molar-refractivity contribution in [2.75, 3.05) is 6.54 Å². The molecule has 0 aromatic carbocycles. The number of hydrogen-bond donors (Lipinski definition) is 0. The molecule has 19 heavy (non-hydrogen) atoms. The molecule has 1 fully saturated rings. The zero-order valence-corrected chi connectivity index (χ0v) is 13.4. The van der Waals surface area contributed by atoms with Crippen LogP contribution in [0, 0.1) is 0 Å². The van der Waals surface area contributed by atoms with Crippen LogP contribution in [0.2, 0.25) is 0 Å². The smallest absolute Gasteiger partial charge is 0.270 e. The highest BCUT2D eigenvalue weighted by Gasteiger charge is 2.25. The SMILES string of the molecule is CCCn1cc(Br)cc1C(=O)N1CCCCCC1C. The molecule has 0 aliphatic carbocycles. The molecule has 4 heteroatoms. The van der Waals surface area contributed by atoms with Crippen molar-refractivity contribution in [3.05, 3.63) is 22.4 Å². The summed E-state index contributed by atoms with van der Waals surface area (Å²) in [6, 6.07) is 2.31. The van der Waals surface area contributed by atoms with Crippen molar-refractivity contribution in [2.24, 2.45) is 0 Å². The number of hydrogen-bond acceptors (Lipinski definition) is 1. The van der Waals surface area contributed by atoms with E-state index in [0.717, 1.165) is 42.5 Å². The quantitative estimate of drug-likeness (QED) is 0.822. The maximum atomic E-state index is 12.8. The molecule has 0 radical (unpaired) electrons. The number of carbonyl (C=O) groups excluding carboxylic acids is 1. The molecular formula is C15H23BrN2O. The third-order valence-electron chi connectivity index (χ3n) is 3.86. The first-order chi connectivity index (χ1) is 9.13. The van der Waals surface area contributed by atoms with Gasteiger partial charge in [0, 0.05) is 29.8 Å². The second-order valence-corrected chi connectivity index (χ2v) is 6.35. The monoisotopic (exact) mass is 326 g/mol. The lowest BCUT2D eigenvalue weighted by molar-refractivity contribution is 0.0686. The van der Waals surface area contributed by atoms with Gasteiger partial charge in [-0.05, 0) is 48.2 Å². The molecule has 1 aromatic rings. The van der Waals surface area contributed by atoms with Crippen LogP contribution in [0.1, 0.15) is 56.4 Å². The Kier molecular flexibility index (Phi) is 5.08. The summed E-state index contributed by atoms with van der Waals surface area (Å²) in [5.74, 6) is 0.188. The molecule has 2 rings (SSSR count). The van der Waals surface area contributed by atoms with Crippen LogP contribution in [0.3, 0.4) is 0 Å². The highest BCUT2D eigenvalue weighted by molar-refractivity contribution is 9.10. The second kappa shape index (κ2) is 6.60. The molecule has 1 saturated heterocycles. The maximum Gasteiger partial charge on any atom is 0.270 e. The molecule has 1 atom stereocenters. The van der Waals surface area contributed by atoms with E-state index in [9.17, 15) is 4.79 Å². The van der Waals surface area contributed by atoms with Crippen molar-refractivity contribution < 1.29 is 4.79 Å². The Morgan fingerprint density at radius 3 is 2.95 bits per heavy atom. The first kappa shape index (κ1) is 14.6. The lowest BCUT2D eigenvalue weighted by atomic mass is 10.1. The number of amides is 1. The van der Waals surface area contributed by atoms with Gasteiger partial charge in [0.25, 0.3) is 5.91 Å². The average molecular weight is 327 g/mol. The summed E-state index contributed by atoms with van der Waals surface area (Å²) in [6.45, 7) is 6.10. The third kappa shape index (κ3) is 3.41. The van der Waals surface area contributed by atoms with Crippen LogP contribution in [-0.4, -0.2) is 28.0 Å². The van der Waals surface area contributed by atoms with Crippen LogP contribution < -0.4 is 0 Å². The molecule has 1 amide bonds. The number of aromatic nitrogens is 1. The topological polar surface area (TPSA) is 25.2 Å². The molecule has 1 aromatic heterocycles. The molecule has 1 aliphatic rings. The Morgan fingerprint density at radius 1 is 1.42 bits per heavy atom. The molecule has 0 saturated carbocycles. The van der Waals surface area contributed by atoms with Crippen molar-refractivity contribution in [1.29, 1.82) is 0 Å². The van der Waals surface area contributed by atoms with Crippen LogP contribution in [0.4, 0.5) is 0 Å². The summed E-state index contributed by atoms with van der Waals surface area (Å²) in [4.78, 5) is 14.8. The summed E-state index contributed by atoms with van der Waals surface area (Å²) in [6.07, 6.45) is 7.79. The van der Waals surface area contributed by atoms with Gasteiger partial charge in [-0.3, -0.25) is 4.79 Å². The van der Waals surface area contributed by atoms with Gasteiger partial charge >= 0.3 is 0 Å². The van der Waals surface area contributed by atoms with Gasteiger partial charge in [-0.25, -0.2) is 0 Å². The van der Waals surface area contributed by atoms with E-state index >= 15 is 0 Å². The zero-order chi connectivity index (χ0) is 13.8. The number of aryl methyl sites for hydroxylation is 1. The average Bonchev–Trinajstić information content (AvgIpc) is 2.60. The summed E-state index contributed by atoms with van der Waals surface area (Å²) in [5.41, 5.74) is 0.822. The molecule has 0 spiro atoms. The minimum atomic E-state index is 0.188. The van der Waals surface area contributed by atoms with Gasteiger partial charge in [-0.15, -0.1) is 0 Å². The van der Waals surface area contributed by atoms with E-state index in [1.54, 1.807) is 0 Å². The van der Waals surface area contributed by atoms with Crippen molar-refractivity contribution >= 4 is 21.8 Å². The van der Waals surface area contributed by atoms with Crippen molar-refractivity contribution in [2.45, 2.75) is 58.5 Å². The normalized spacial score (nSPS) is 20.4. The Labute approximate surface area is 124 Å². The fourth-order valence-corrected chi connectivity index (χ4v) is 3.27. The van der Waals surface area contributed by atoms with E-state index in [1.165, 1.54) is 12.8 Å². The van der Waals surface area contributed by atoms with E-state index in [0.29, 0.717) is 6.04 Å². The minimum Gasteiger partial charge on any atom is -0.342 e. The molecule has 106 valence electrons. The largest absolute Gasteiger partial charge is 0.342 e. The first-order valence-electron chi connectivity index (χ1n) is 7.30. The fraction of sp³-hybridized carbons (Fsp3) is 0.667. The molecule has 1 aliphatic heterocycles. The summed E-state index contributed by atoms with van der Waals surface area (Å²) >= 11 is 3.48. The van der Waals surface area contributed by atoms with Crippen LogP contribution in [0.15, 0.2) is 16.7 Å². The first-order valence-corrected chi connectivity index (χ1v) is 8.09. The van der Waals surface area contributed by atoms with Gasteiger partial charge in [0.15, 0.2) is 0 Å². The van der Waals surface area contributed by atoms with E-state index in [4.69, 9.17) is 0 Å². The van der Waals surface area contributed by atoms with Gasteiger partial charge in [0.05, 0.1) is 0 Å². The van der Waals surface area contributed by atoms with Crippen molar-refractivity contribution in [3.8, 4) is 0 Å². The Bertz CT molecular complexity index is 441. The standard InChI is InChI=1S/C15H23BrN2O/c1-3-8-17-11-13(16)10-14(17)15(19)18-9-6-4-5-7-12(18)2/h10-12H,3-9H2,1-2H3.